The molecule has 0 fully saturated rings. The summed E-state index contributed by atoms with van der Waals surface area (Å²) >= 11 is 1.30. The minimum Gasteiger partial charge on any atom is -0.348 e. The number of rotatable bonds is 9. The molecule has 6 nitrogen and oxygen atoms in total. The number of nitrogens with zero attached hydrogens (tertiary/aromatic N) is 4. The first-order chi connectivity index (χ1) is 19.2. The van der Waals surface area contributed by atoms with E-state index in [1.165, 1.54) is 22.9 Å². The summed E-state index contributed by atoms with van der Waals surface area (Å²) in [5.74, 6) is 0.128. The zero-order valence-corrected chi connectivity index (χ0v) is 22.1. The second kappa shape index (κ2) is 11.5. The van der Waals surface area contributed by atoms with E-state index in [1.54, 1.807) is 0 Å². The van der Waals surface area contributed by atoms with Gasteiger partial charge in [0.05, 0.1) is 17.3 Å². The first-order valence-corrected chi connectivity index (χ1v) is 13.9. The number of amides is 1. The number of hydrogen-bond donors (Lipinski definition) is 1. The van der Waals surface area contributed by atoms with Crippen molar-refractivity contribution in [1.29, 1.82) is 0 Å². The lowest BCUT2D eigenvalue weighted by Crippen LogP contribution is -2.31. The minimum absolute atomic E-state index is 0.0710. The number of fused-ring (bicyclic) bond motifs is 3. The van der Waals surface area contributed by atoms with Gasteiger partial charge >= 0.3 is 0 Å². The molecule has 0 aliphatic carbocycles. The quantitative estimate of drug-likeness (QED) is 0.225. The summed E-state index contributed by atoms with van der Waals surface area (Å²) in [5, 5.41) is 13.6. The van der Waals surface area contributed by atoms with E-state index in [-0.39, 0.29) is 17.7 Å². The highest BCUT2D eigenvalue weighted by atomic mass is 32.2. The van der Waals surface area contributed by atoms with Crippen LogP contribution in [0, 0.1) is 0 Å². The summed E-state index contributed by atoms with van der Waals surface area (Å²) in [4.78, 5) is 17.9. The van der Waals surface area contributed by atoms with Crippen molar-refractivity contribution in [3.8, 4) is 0 Å². The second-order valence-corrected chi connectivity index (χ2v) is 10.3. The van der Waals surface area contributed by atoms with Crippen LogP contribution in [0.2, 0.25) is 0 Å². The molecule has 192 valence electrons. The highest BCUT2D eigenvalue weighted by Gasteiger charge is 2.18. The number of benzene rings is 4. The number of aromatic nitrogens is 4. The van der Waals surface area contributed by atoms with Gasteiger partial charge in [0.1, 0.15) is 5.52 Å². The number of thioether (sulfide) groups is 1. The van der Waals surface area contributed by atoms with Crippen LogP contribution in [-0.2, 0) is 17.8 Å². The third-order valence-electron chi connectivity index (χ3n) is 6.69. The van der Waals surface area contributed by atoms with Crippen molar-refractivity contribution in [3.63, 3.8) is 0 Å². The molecule has 39 heavy (non-hydrogen) atoms. The van der Waals surface area contributed by atoms with Crippen LogP contribution in [-0.4, -0.2) is 31.4 Å². The highest BCUT2D eigenvalue weighted by Crippen LogP contribution is 2.28. The van der Waals surface area contributed by atoms with Crippen molar-refractivity contribution in [2.45, 2.75) is 24.2 Å². The van der Waals surface area contributed by atoms with Gasteiger partial charge in [0.15, 0.2) is 5.65 Å². The van der Waals surface area contributed by atoms with Gasteiger partial charge in [0.2, 0.25) is 11.1 Å². The van der Waals surface area contributed by atoms with Gasteiger partial charge < -0.3 is 9.88 Å². The van der Waals surface area contributed by atoms with E-state index in [0.717, 1.165) is 27.6 Å². The van der Waals surface area contributed by atoms with Crippen molar-refractivity contribution in [1.82, 2.24) is 25.1 Å². The number of carbonyl (C=O) groups excluding carboxylic acids is 1. The molecule has 0 spiro atoms. The molecule has 0 saturated carbocycles. The van der Waals surface area contributed by atoms with E-state index < -0.39 is 0 Å². The summed E-state index contributed by atoms with van der Waals surface area (Å²) in [5.41, 5.74) is 6.02. The van der Waals surface area contributed by atoms with Crippen LogP contribution in [0.25, 0.3) is 22.1 Å². The summed E-state index contributed by atoms with van der Waals surface area (Å²) in [7, 11) is 0. The van der Waals surface area contributed by atoms with Crippen LogP contribution in [0.15, 0.2) is 120 Å². The Morgan fingerprint density at radius 2 is 1.41 bits per heavy atom. The Morgan fingerprint density at radius 3 is 2.15 bits per heavy atom. The molecule has 0 aliphatic heterocycles. The summed E-state index contributed by atoms with van der Waals surface area (Å²) in [6.45, 7) is 0.673. The van der Waals surface area contributed by atoms with Gasteiger partial charge in [0, 0.05) is 11.9 Å². The molecule has 2 aromatic heterocycles. The topological polar surface area (TPSA) is 72.7 Å². The molecule has 6 aromatic rings. The Balaban J connectivity index is 1.22. The number of nitrogens with one attached hydrogen (secondary N) is 1. The van der Waals surface area contributed by atoms with Crippen molar-refractivity contribution in [2.24, 2.45) is 0 Å². The Kier molecular flexibility index (Phi) is 7.32. The predicted molar refractivity (Wildman–Crippen MR) is 157 cm³/mol. The van der Waals surface area contributed by atoms with E-state index in [2.05, 4.69) is 50.4 Å². The van der Waals surface area contributed by atoms with E-state index in [0.29, 0.717) is 18.1 Å². The molecule has 0 radical (unpaired) electrons. The first-order valence-electron chi connectivity index (χ1n) is 12.9. The minimum atomic E-state index is -0.128. The third kappa shape index (κ3) is 5.68. The predicted octanol–water partition coefficient (Wildman–Crippen LogP) is 6.22. The number of carbonyl (C=O) groups is 1. The van der Waals surface area contributed by atoms with Gasteiger partial charge in [-0.05, 0) is 29.2 Å². The average Bonchev–Trinajstić information content (AvgIpc) is 3.30. The largest absolute Gasteiger partial charge is 0.348 e. The molecule has 4 aromatic carbocycles. The fourth-order valence-electron chi connectivity index (χ4n) is 4.83. The smallest absolute Gasteiger partial charge is 0.230 e. The Labute approximate surface area is 231 Å². The lowest BCUT2D eigenvalue weighted by Gasteiger charge is -2.19. The molecule has 0 bridgehead atoms. The zero-order chi connectivity index (χ0) is 26.4. The van der Waals surface area contributed by atoms with Crippen LogP contribution in [0.5, 0.6) is 0 Å². The number of para-hydroxylation sites is 1. The second-order valence-electron chi connectivity index (χ2n) is 9.36. The molecule has 1 unspecified atom stereocenters. The molecule has 1 atom stereocenters. The maximum absolute atomic E-state index is 13.1. The van der Waals surface area contributed by atoms with Gasteiger partial charge in [-0.15, -0.1) is 10.2 Å². The molecular weight excluding hydrogens is 502 g/mol. The molecule has 1 amide bonds. The molecule has 0 aliphatic rings. The maximum atomic E-state index is 13.1. The van der Waals surface area contributed by atoms with Gasteiger partial charge in [-0.25, -0.2) is 4.98 Å². The van der Waals surface area contributed by atoms with Gasteiger partial charge in [-0.3, -0.25) is 4.79 Å². The van der Waals surface area contributed by atoms with Crippen LogP contribution >= 0.6 is 11.8 Å². The third-order valence-corrected chi connectivity index (χ3v) is 7.53. The van der Waals surface area contributed by atoms with Crippen LogP contribution < -0.4 is 5.32 Å². The summed E-state index contributed by atoms with van der Waals surface area (Å²) < 4.78 is 2.17. The highest BCUT2D eigenvalue weighted by molar-refractivity contribution is 7.99. The molecule has 2 heterocycles. The zero-order valence-electron chi connectivity index (χ0n) is 21.3. The monoisotopic (exact) mass is 529 g/mol. The lowest BCUT2D eigenvalue weighted by atomic mass is 9.99. The Bertz CT molecular complexity index is 1700. The molecule has 6 rings (SSSR count). The average molecular weight is 530 g/mol. The van der Waals surface area contributed by atoms with Crippen molar-refractivity contribution in [2.75, 3.05) is 5.75 Å². The SMILES string of the molecule is O=C(CSc1nnc2c3ccccc3n(Cc3ccccc3)c2n1)NC(Cc1ccccc1)c1ccccc1. The lowest BCUT2D eigenvalue weighted by molar-refractivity contribution is -0.119. The van der Waals surface area contributed by atoms with E-state index in [4.69, 9.17) is 4.98 Å². The molecule has 7 heteroatoms. The van der Waals surface area contributed by atoms with E-state index >= 15 is 0 Å². The standard InChI is InChI=1S/C32H27N5OS/c38-29(33-27(25-16-8-3-9-17-25)20-23-12-4-1-5-13-23)22-39-32-34-31-30(35-36-32)26-18-10-11-19-28(26)37(31)21-24-14-6-2-7-15-24/h1-19,27H,20-22H2,(H,33,38). The van der Waals surface area contributed by atoms with Crippen molar-refractivity contribution in [3.05, 3.63) is 132 Å². The van der Waals surface area contributed by atoms with Crippen molar-refractivity contribution >= 4 is 39.7 Å². The van der Waals surface area contributed by atoms with Gasteiger partial charge in [-0.2, -0.15) is 0 Å². The number of hydrogen-bond acceptors (Lipinski definition) is 5. The summed E-state index contributed by atoms with van der Waals surface area (Å²) in [6.07, 6.45) is 0.713. The molecular formula is C32H27N5OS. The Morgan fingerprint density at radius 1 is 0.769 bits per heavy atom. The normalized spacial score (nSPS) is 12.0. The van der Waals surface area contributed by atoms with Crippen LogP contribution in [0.1, 0.15) is 22.7 Å². The van der Waals surface area contributed by atoms with E-state index in [1.807, 2.05) is 84.9 Å². The van der Waals surface area contributed by atoms with Gasteiger partial charge in [-0.1, -0.05) is 121 Å². The van der Waals surface area contributed by atoms with E-state index in [9.17, 15) is 4.79 Å². The Hall–Kier alpha value is -4.49. The fraction of sp³-hybridized carbons (Fsp3) is 0.125. The van der Waals surface area contributed by atoms with Crippen LogP contribution in [0.3, 0.4) is 0 Å². The summed E-state index contributed by atoms with van der Waals surface area (Å²) in [6, 6.07) is 38.6. The van der Waals surface area contributed by atoms with Crippen LogP contribution in [0.4, 0.5) is 0 Å². The molecule has 0 saturated heterocycles. The van der Waals surface area contributed by atoms with Crippen molar-refractivity contribution < 1.29 is 4.79 Å². The first kappa shape index (κ1) is 24.8. The molecule has 1 N–H and O–H groups in total. The van der Waals surface area contributed by atoms with Gasteiger partial charge in [0.25, 0.3) is 0 Å². The maximum Gasteiger partial charge on any atom is 0.230 e. The fourth-order valence-corrected chi connectivity index (χ4v) is 5.42.